The minimum absolute atomic E-state index is 0.519. The highest BCUT2D eigenvalue weighted by Crippen LogP contribution is 2.40. The first kappa shape index (κ1) is 7.18. The van der Waals surface area contributed by atoms with Crippen LogP contribution in [0.4, 0.5) is 0 Å². The zero-order chi connectivity index (χ0) is 6.91. The zero-order valence-corrected chi connectivity index (χ0v) is 5.45. The Morgan fingerprint density at radius 3 is 2.33 bits per heavy atom. The maximum absolute atomic E-state index is 10.0. The summed E-state index contributed by atoms with van der Waals surface area (Å²) < 4.78 is 18.7. The quantitative estimate of drug-likeness (QED) is 0.540. The third kappa shape index (κ3) is 2.43. The van der Waals surface area contributed by atoms with Crippen LogP contribution in [0.5, 0.6) is 0 Å². The first-order valence-corrected chi connectivity index (χ1v) is 3.96. The van der Waals surface area contributed by atoms with E-state index in [1.807, 2.05) is 0 Å². The first-order valence-electron chi connectivity index (χ1n) is 2.43. The second kappa shape index (κ2) is 2.36. The second-order valence-electron chi connectivity index (χ2n) is 1.69. The molecule has 1 rings (SSSR count). The van der Waals surface area contributed by atoms with Crippen molar-refractivity contribution in [3.8, 4) is 0 Å². The average molecular weight is 154 g/mol. The van der Waals surface area contributed by atoms with Gasteiger partial charge in [-0.15, -0.1) is 0 Å². The Hall–Kier alpha value is 0.0700. The fourth-order valence-corrected chi connectivity index (χ4v) is 0.923. The summed E-state index contributed by atoms with van der Waals surface area (Å²) in [7, 11) is -4.31. The third-order valence-electron chi connectivity index (χ3n) is 0.912. The molecule has 5 nitrogen and oxygen atoms in total. The van der Waals surface area contributed by atoms with Gasteiger partial charge in [-0.1, -0.05) is 0 Å². The van der Waals surface area contributed by atoms with Crippen LogP contribution in [0.15, 0.2) is 0 Å². The Morgan fingerprint density at radius 1 is 1.67 bits per heavy atom. The standard InChI is InChI=1S/C3H7O5P/c4-9(5,6)8-3-1-2-7-3/h3H,1-2H2,(H2,4,5,6). The summed E-state index contributed by atoms with van der Waals surface area (Å²) in [5.41, 5.74) is 0. The molecular weight excluding hydrogens is 147 g/mol. The molecule has 0 spiro atoms. The van der Waals surface area contributed by atoms with E-state index in [1.165, 1.54) is 0 Å². The lowest BCUT2D eigenvalue weighted by Gasteiger charge is -2.25. The van der Waals surface area contributed by atoms with E-state index in [9.17, 15) is 4.57 Å². The van der Waals surface area contributed by atoms with Gasteiger partial charge in [0.05, 0.1) is 6.61 Å². The molecule has 0 saturated carbocycles. The first-order chi connectivity index (χ1) is 4.08. The van der Waals surface area contributed by atoms with E-state index in [-0.39, 0.29) is 0 Å². The SMILES string of the molecule is O=P(O)(O)OC1CCO1. The summed E-state index contributed by atoms with van der Waals surface area (Å²) in [6, 6.07) is 0. The molecule has 9 heavy (non-hydrogen) atoms. The molecule has 2 N–H and O–H groups in total. The van der Waals surface area contributed by atoms with Gasteiger partial charge in [0, 0.05) is 6.42 Å². The number of phosphoric ester groups is 1. The molecule has 0 aromatic rings. The number of hydrogen-bond acceptors (Lipinski definition) is 3. The van der Waals surface area contributed by atoms with Crippen molar-refractivity contribution in [2.75, 3.05) is 6.61 Å². The highest BCUT2D eigenvalue weighted by atomic mass is 31.2. The summed E-state index contributed by atoms with van der Waals surface area (Å²) in [5, 5.41) is 0. The minimum atomic E-state index is -4.31. The van der Waals surface area contributed by atoms with Crippen LogP contribution in [0, 0.1) is 0 Å². The van der Waals surface area contributed by atoms with Crippen molar-refractivity contribution in [3.05, 3.63) is 0 Å². The number of phosphoric acid groups is 1. The van der Waals surface area contributed by atoms with E-state index in [1.54, 1.807) is 0 Å². The Kier molecular flexibility index (Phi) is 1.88. The molecule has 54 valence electrons. The van der Waals surface area contributed by atoms with Crippen molar-refractivity contribution >= 4 is 7.82 Å². The van der Waals surface area contributed by atoms with Crippen molar-refractivity contribution in [3.63, 3.8) is 0 Å². The Balaban J connectivity index is 2.24. The highest BCUT2D eigenvalue weighted by molar-refractivity contribution is 7.46. The van der Waals surface area contributed by atoms with E-state index in [2.05, 4.69) is 9.26 Å². The molecular formula is C3H7O5P. The van der Waals surface area contributed by atoms with Crippen molar-refractivity contribution in [2.45, 2.75) is 12.7 Å². The average Bonchev–Trinajstić information content (AvgIpc) is 1.53. The van der Waals surface area contributed by atoms with Gasteiger partial charge in [-0.25, -0.2) is 4.57 Å². The number of hydrogen-bond donors (Lipinski definition) is 2. The van der Waals surface area contributed by atoms with Crippen molar-refractivity contribution in [2.24, 2.45) is 0 Å². The minimum Gasteiger partial charge on any atom is -0.352 e. The van der Waals surface area contributed by atoms with Gasteiger partial charge in [0.1, 0.15) is 0 Å². The van der Waals surface area contributed by atoms with Crippen molar-refractivity contribution < 1.29 is 23.6 Å². The van der Waals surface area contributed by atoms with Gasteiger partial charge in [-0.2, -0.15) is 0 Å². The Bertz CT molecular complexity index is 135. The molecule has 0 aromatic carbocycles. The van der Waals surface area contributed by atoms with Crippen LogP contribution in [-0.2, 0) is 13.8 Å². The van der Waals surface area contributed by atoms with Gasteiger partial charge in [0.15, 0.2) is 6.29 Å². The van der Waals surface area contributed by atoms with Gasteiger partial charge in [0.25, 0.3) is 0 Å². The molecule has 1 saturated heterocycles. The Morgan fingerprint density at radius 2 is 2.22 bits per heavy atom. The van der Waals surface area contributed by atoms with E-state index in [0.717, 1.165) is 0 Å². The summed E-state index contributed by atoms with van der Waals surface area (Å²) in [5.74, 6) is 0. The lowest BCUT2D eigenvalue weighted by molar-refractivity contribution is -0.173. The number of ether oxygens (including phenoxy) is 1. The fraction of sp³-hybridized carbons (Fsp3) is 1.00. The topological polar surface area (TPSA) is 76.0 Å². The van der Waals surface area contributed by atoms with Crippen LogP contribution in [0.1, 0.15) is 6.42 Å². The smallest absolute Gasteiger partial charge is 0.352 e. The molecule has 0 aliphatic carbocycles. The molecule has 0 bridgehead atoms. The molecule has 1 heterocycles. The van der Waals surface area contributed by atoms with Crippen LogP contribution < -0.4 is 0 Å². The van der Waals surface area contributed by atoms with Crippen LogP contribution in [-0.4, -0.2) is 22.7 Å². The maximum atomic E-state index is 10.0. The molecule has 1 unspecified atom stereocenters. The molecule has 1 aliphatic rings. The van der Waals surface area contributed by atoms with E-state index >= 15 is 0 Å². The predicted octanol–water partition coefficient (Wildman–Crippen LogP) is -0.158. The van der Waals surface area contributed by atoms with Crippen LogP contribution in [0.25, 0.3) is 0 Å². The summed E-state index contributed by atoms with van der Waals surface area (Å²) >= 11 is 0. The monoisotopic (exact) mass is 154 g/mol. The van der Waals surface area contributed by atoms with E-state index in [4.69, 9.17) is 9.79 Å². The molecule has 0 aromatic heterocycles. The summed E-state index contributed by atoms with van der Waals surface area (Å²) in [6.45, 7) is 0.519. The second-order valence-corrected chi connectivity index (χ2v) is 2.88. The predicted molar refractivity (Wildman–Crippen MR) is 27.5 cm³/mol. The molecule has 0 radical (unpaired) electrons. The zero-order valence-electron chi connectivity index (χ0n) is 4.56. The lowest BCUT2D eigenvalue weighted by Crippen LogP contribution is -2.28. The Labute approximate surface area is 51.8 Å². The molecule has 0 amide bonds. The van der Waals surface area contributed by atoms with Gasteiger partial charge in [0.2, 0.25) is 0 Å². The summed E-state index contributed by atoms with van der Waals surface area (Å²) in [4.78, 5) is 16.3. The summed E-state index contributed by atoms with van der Waals surface area (Å²) in [6.07, 6.45) is -0.128. The highest BCUT2D eigenvalue weighted by Gasteiger charge is 2.27. The number of rotatable bonds is 2. The largest absolute Gasteiger partial charge is 0.471 e. The van der Waals surface area contributed by atoms with E-state index in [0.29, 0.717) is 13.0 Å². The molecule has 1 aliphatic heterocycles. The van der Waals surface area contributed by atoms with E-state index < -0.39 is 14.1 Å². The van der Waals surface area contributed by atoms with Crippen LogP contribution in [0.2, 0.25) is 0 Å². The fourth-order valence-electron chi connectivity index (χ4n) is 0.450. The van der Waals surface area contributed by atoms with Crippen molar-refractivity contribution in [1.29, 1.82) is 0 Å². The van der Waals surface area contributed by atoms with Gasteiger partial charge in [-0.3, -0.25) is 4.52 Å². The van der Waals surface area contributed by atoms with Crippen molar-refractivity contribution in [1.82, 2.24) is 0 Å². The van der Waals surface area contributed by atoms with Gasteiger partial charge in [-0.05, 0) is 0 Å². The van der Waals surface area contributed by atoms with Crippen LogP contribution >= 0.6 is 7.82 Å². The van der Waals surface area contributed by atoms with Crippen LogP contribution in [0.3, 0.4) is 0 Å². The normalized spacial score (nSPS) is 27.6. The molecule has 1 atom stereocenters. The molecule has 6 heteroatoms. The lowest BCUT2D eigenvalue weighted by atomic mass is 10.4. The maximum Gasteiger partial charge on any atom is 0.471 e. The van der Waals surface area contributed by atoms with Gasteiger partial charge < -0.3 is 14.5 Å². The van der Waals surface area contributed by atoms with Gasteiger partial charge >= 0.3 is 7.82 Å². The molecule has 1 fully saturated rings. The third-order valence-corrected chi connectivity index (χ3v) is 1.42.